The van der Waals surface area contributed by atoms with E-state index in [1.54, 1.807) is 11.8 Å². The summed E-state index contributed by atoms with van der Waals surface area (Å²) >= 11 is 1.73. The molecular weight excluding hydrogens is 264 g/mol. The van der Waals surface area contributed by atoms with Crippen molar-refractivity contribution in [3.8, 4) is 0 Å². The third-order valence-corrected chi connectivity index (χ3v) is 3.53. The Morgan fingerprint density at radius 1 is 0.944 bits per heavy atom. The number of thioether (sulfide) groups is 1. The summed E-state index contributed by atoms with van der Waals surface area (Å²) in [7, 11) is 0. The Hall–Kier alpha value is -1.45. The van der Waals surface area contributed by atoms with E-state index >= 15 is 0 Å². The van der Waals surface area contributed by atoms with Crippen LogP contribution in [0.2, 0.25) is 0 Å². The van der Waals surface area contributed by atoms with Crippen LogP contribution in [0.5, 0.6) is 0 Å². The number of halogens is 1. The van der Waals surface area contributed by atoms with Crippen molar-refractivity contribution in [2.24, 2.45) is 0 Å². The van der Waals surface area contributed by atoms with Crippen LogP contribution in [0.1, 0.15) is 5.56 Å². The van der Waals surface area contributed by atoms with Gasteiger partial charge in [0.2, 0.25) is 0 Å². The number of benzene rings is 2. The van der Waals surface area contributed by atoms with Crippen LogP contribution in [0.3, 0.4) is 0 Å². The quantitative estimate of drug-likeness (QED) is 0.724. The first-order valence-corrected chi connectivity index (χ1v) is 6.52. The van der Waals surface area contributed by atoms with Crippen molar-refractivity contribution in [2.45, 2.75) is 10.9 Å². The maximum absolute atomic E-state index is 4.54. The van der Waals surface area contributed by atoms with Crippen LogP contribution in [-0.2, 0) is 5.75 Å². The molecule has 0 saturated heterocycles. The van der Waals surface area contributed by atoms with Crippen molar-refractivity contribution < 1.29 is 0 Å². The molecule has 0 radical (unpaired) electrons. The molecule has 0 atom stereocenters. The van der Waals surface area contributed by atoms with Gasteiger partial charge in [-0.3, -0.25) is 0 Å². The van der Waals surface area contributed by atoms with Crippen molar-refractivity contribution in [2.75, 3.05) is 0 Å². The van der Waals surface area contributed by atoms with Gasteiger partial charge in [-0.2, -0.15) is 0 Å². The number of rotatable bonds is 3. The third kappa shape index (κ3) is 2.86. The van der Waals surface area contributed by atoms with Gasteiger partial charge in [-0.25, -0.2) is 4.98 Å². The second kappa shape index (κ2) is 5.94. The van der Waals surface area contributed by atoms with Crippen LogP contribution < -0.4 is 0 Å². The lowest BCUT2D eigenvalue weighted by molar-refractivity contribution is 1.08. The molecule has 0 aliphatic rings. The SMILES string of the molecule is Cl.c1ccc(CSc2nc3ccccc3[nH]2)cc1. The summed E-state index contributed by atoms with van der Waals surface area (Å²) in [5, 5.41) is 0.982. The number of imidazole rings is 1. The Morgan fingerprint density at radius 2 is 1.67 bits per heavy atom. The Labute approximate surface area is 116 Å². The van der Waals surface area contributed by atoms with E-state index in [1.165, 1.54) is 5.56 Å². The minimum absolute atomic E-state index is 0. The molecule has 0 fully saturated rings. The largest absolute Gasteiger partial charge is 0.333 e. The van der Waals surface area contributed by atoms with Gasteiger partial charge in [0.05, 0.1) is 11.0 Å². The predicted molar refractivity (Wildman–Crippen MR) is 79.3 cm³/mol. The number of H-pyrrole nitrogens is 1. The summed E-state index contributed by atoms with van der Waals surface area (Å²) in [6.45, 7) is 0. The number of fused-ring (bicyclic) bond motifs is 1. The number of nitrogens with one attached hydrogen (secondary N) is 1. The average molecular weight is 277 g/mol. The van der Waals surface area contributed by atoms with Crippen molar-refractivity contribution in [3.63, 3.8) is 0 Å². The standard InChI is InChI=1S/C14H12N2S.ClH/c1-2-6-11(7-3-1)10-17-14-15-12-8-4-5-9-13(12)16-14;/h1-9H,10H2,(H,15,16);1H. The molecule has 1 heterocycles. The summed E-state index contributed by atoms with van der Waals surface area (Å²) in [5.41, 5.74) is 3.45. The van der Waals surface area contributed by atoms with Gasteiger partial charge in [0.15, 0.2) is 5.16 Å². The maximum Gasteiger partial charge on any atom is 0.166 e. The number of aromatic amines is 1. The second-order valence-corrected chi connectivity index (χ2v) is 4.80. The van der Waals surface area contributed by atoms with E-state index in [0.717, 1.165) is 21.9 Å². The topological polar surface area (TPSA) is 28.7 Å². The van der Waals surface area contributed by atoms with Crippen LogP contribution in [0.4, 0.5) is 0 Å². The number of para-hydroxylation sites is 2. The first-order chi connectivity index (χ1) is 8.42. The Balaban J connectivity index is 0.00000120. The van der Waals surface area contributed by atoms with Crippen LogP contribution in [-0.4, -0.2) is 9.97 Å². The van der Waals surface area contributed by atoms with Crippen molar-refractivity contribution >= 4 is 35.2 Å². The minimum Gasteiger partial charge on any atom is -0.333 e. The van der Waals surface area contributed by atoms with Crippen LogP contribution in [0.25, 0.3) is 11.0 Å². The van der Waals surface area contributed by atoms with E-state index in [9.17, 15) is 0 Å². The number of hydrogen-bond donors (Lipinski definition) is 1. The average Bonchev–Trinajstić information content (AvgIpc) is 2.80. The molecule has 4 heteroatoms. The summed E-state index contributed by atoms with van der Waals surface area (Å²) in [4.78, 5) is 7.85. The van der Waals surface area contributed by atoms with Crippen molar-refractivity contribution in [3.05, 3.63) is 60.2 Å². The van der Waals surface area contributed by atoms with Gasteiger partial charge in [0, 0.05) is 5.75 Å². The molecule has 1 N–H and O–H groups in total. The molecule has 0 aliphatic heterocycles. The lowest BCUT2D eigenvalue weighted by Crippen LogP contribution is -1.80. The molecule has 0 saturated carbocycles. The van der Waals surface area contributed by atoms with Gasteiger partial charge in [0.1, 0.15) is 0 Å². The third-order valence-electron chi connectivity index (χ3n) is 2.59. The van der Waals surface area contributed by atoms with Crippen molar-refractivity contribution in [1.29, 1.82) is 0 Å². The molecule has 2 nitrogen and oxygen atoms in total. The Kier molecular flexibility index (Phi) is 4.28. The van der Waals surface area contributed by atoms with Gasteiger partial charge in [-0.15, -0.1) is 12.4 Å². The number of aromatic nitrogens is 2. The first kappa shape index (κ1) is 13.0. The van der Waals surface area contributed by atoms with Gasteiger partial charge >= 0.3 is 0 Å². The van der Waals surface area contributed by atoms with Gasteiger partial charge in [-0.05, 0) is 17.7 Å². The summed E-state index contributed by atoms with van der Waals surface area (Å²) < 4.78 is 0. The smallest absolute Gasteiger partial charge is 0.166 e. The molecule has 3 aromatic rings. The predicted octanol–water partition coefficient (Wildman–Crippen LogP) is 4.28. The fraction of sp³-hybridized carbons (Fsp3) is 0.0714. The normalized spacial score (nSPS) is 10.2. The molecule has 0 amide bonds. The summed E-state index contributed by atoms with van der Waals surface area (Å²) in [6.07, 6.45) is 0. The summed E-state index contributed by atoms with van der Waals surface area (Å²) in [5.74, 6) is 0.945. The van der Waals surface area contributed by atoms with E-state index < -0.39 is 0 Å². The fourth-order valence-corrected chi connectivity index (χ4v) is 2.56. The van der Waals surface area contributed by atoms with Crippen molar-refractivity contribution in [1.82, 2.24) is 9.97 Å². The van der Waals surface area contributed by atoms with Gasteiger partial charge in [-0.1, -0.05) is 54.2 Å². The molecule has 0 aliphatic carbocycles. The lowest BCUT2D eigenvalue weighted by atomic mass is 10.2. The maximum atomic E-state index is 4.54. The molecule has 0 unspecified atom stereocenters. The van der Waals surface area contributed by atoms with E-state index in [4.69, 9.17) is 0 Å². The van der Waals surface area contributed by atoms with E-state index in [-0.39, 0.29) is 12.4 Å². The highest BCUT2D eigenvalue weighted by atomic mass is 35.5. The van der Waals surface area contributed by atoms with Gasteiger partial charge < -0.3 is 4.98 Å². The molecular formula is C14H13ClN2S. The van der Waals surface area contributed by atoms with E-state index in [0.29, 0.717) is 0 Å². The van der Waals surface area contributed by atoms with E-state index in [1.807, 2.05) is 24.3 Å². The fourth-order valence-electron chi connectivity index (χ4n) is 1.72. The molecule has 0 bridgehead atoms. The highest BCUT2D eigenvalue weighted by Crippen LogP contribution is 2.22. The van der Waals surface area contributed by atoms with Crippen LogP contribution in [0.15, 0.2) is 59.8 Å². The first-order valence-electron chi connectivity index (χ1n) is 5.53. The van der Waals surface area contributed by atoms with Crippen LogP contribution >= 0.6 is 24.2 Å². The van der Waals surface area contributed by atoms with Gasteiger partial charge in [0.25, 0.3) is 0 Å². The number of hydrogen-bond acceptors (Lipinski definition) is 2. The van der Waals surface area contributed by atoms with Crippen LogP contribution in [0, 0.1) is 0 Å². The molecule has 18 heavy (non-hydrogen) atoms. The molecule has 1 aromatic heterocycles. The Bertz CT molecular complexity index is 589. The molecule has 3 rings (SSSR count). The molecule has 2 aromatic carbocycles. The zero-order valence-corrected chi connectivity index (χ0v) is 11.3. The highest BCUT2D eigenvalue weighted by molar-refractivity contribution is 7.98. The molecule has 92 valence electrons. The zero-order valence-electron chi connectivity index (χ0n) is 9.67. The second-order valence-electron chi connectivity index (χ2n) is 3.83. The Morgan fingerprint density at radius 3 is 2.44 bits per heavy atom. The molecule has 0 spiro atoms. The minimum atomic E-state index is 0. The zero-order chi connectivity index (χ0) is 11.5. The number of nitrogens with zero attached hydrogens (tertiary/aromatic N) is 1. The summed E-state index contributed by atoms with van der Waals surface area (Å²) in [6, 6.07) is 18.5. The highest BCUT2D eigenvalue weighted by Gasteiger charge is 2.02. The lowest BCUT2D eigenvalue weighted by Gasteiger charge is -1.97. The van der Waals surface area contributed by atoms with E-state index in [2.05, 4.69) is 40.3 Å². The monoisotopic (exact) mass is 276 g/mol.